The molecule has 0 aliphatic carbocycles. The second kappa shape index (κ2) is 4.01. The molecule has 0 nitrogen and oxygen atoms in total. The van der Waals surface area contributed by atoms with Crippen molar-refractivity contribution in [3.05, 3.63) is 58.1 Å². The van der Waals surface area contributed by atoms with Gasteiger partial charge in [-0.2, -0.15) is 0 Å². The van der Waals surface area contributed by atoms with E-state index in [0.717, 1.165) is 6.42 Å². The van der Waals surface area contributed by atoms with E-state index in [1.165, 1.54) is 33.3 Å². The Labute approximate surface area is 110 Å². The van der Waals surface area contributed by atoms with Crippen LogP contribution in [-0.2, 0) is 6.42 Å². The maximum absolute atomic E-state index is 2.37. The third-order valence-electron chi connectivity index (χ3n) is 4.20. The predicted octanol–water partition coefficient (Wildman–Crippen LogP) is 2.75. The van der Waals surface area contributed by atoms with Crippen LogP contribution in [0.15, 0.2) is 30.3 Å². The van der Waals surface area contributed by atoms with Crippen LogP contribution >= 0.6 is 0 Å². The third kappa shape index (κ3) is 1.70. The van der Waals surface area contributed by atoms with Gasteiger partial charge in [0, 0.05) is 0 Å². The van der Waals surface area contributed by atoms with Gasteiger partial charge in [0.1, 0.15) is 0 Å². The molecule has 0 atom stereocenters. The van der Waals surface area contributed by atoms with Crippen LogP contribution in [0.2, 0.25) is 6.82 Å². The minimum atomic E-state index is 0.532. The molecule has 0 fully saturated rings. The number of aryl methyl sites for hydroxylation is 3. The fraction of sp³-hybridized carbons (Fsp3) is 0.294. The van der Waals surface area contributed by atoms with Crippen LogP contribution in [0.3, 0.4) is 0 Å². The Bertz CT molecular complexity index is 626. The molecule has 0 bridgehead atoms. The summed E-state index contributed by atoms with van der Waals surface area (Å²) in [6.45, 7) is 9.51. The van der Waals surface area contributed by atoms with Gasteiger partial charge < -0.3 is 0 Å². The van der Waals surface area contributed by atoms with Gasteiger partial charge in [0.05, 0.1) is 0 Å². The molecule has 0 radical (unpaired) electrons. The van der Waals surface area contributed by atoms with E-state index in [2.05, 4.69) is 57.9 Å². The third-order valence-corrected chi connectivity index (χ3v) is 4.20. The van der Waals surface area contributed by atoms with E-state index in [0.29, 0.717) is 6.71 Å². The quantitative estimate of drug-likeness (QED) is 0.615. The van der Waals surface area contributed by atoms with Crippen molar-refractivity contribution in [1.82, 2.24) is 0 Å². The standard InChI is InChI=1S/C17H19B/c1-11-5-6-16-14(8-11)10-15-9-12(2)7-13(3)17(15)18(16)4/h5-9H,10H2,1-4H3. The number of hydrogen-bond acceptors (Lipinski definition) is 0. The number of hydrogen-bond donors (Lipinski definition) is 0. The smallest absolute Gasteiger partial charge is 0.0774 e. The molecule has 0 saturated carbocycles. The summed E-state index contributed by atoms with van der Waals surface area (Å²) >= 11 is 0. The van der Waals surface area contributed by atoms with Crippen molar-refractivity contribution >= 4 is 17.6 Å². The fourth-order valence-corrected chi connectivity index (χ4v) is 3.50. The van der Waals surface area contributed by atoms with E-state index in [4.69, 9.17) is 0 Å². The molecule has 0 saturated heterocycles. The molecular formula is C17H19B. The lowest BCUT2D eigenvalue weighted by atomic mass is 9.38. The number of rotatable bonds is 0. The van der Waals surface area contributed by atoms with Gasteiger partial charge in [-0.25, -0.2) is 0 Å². The van der Waals surface area contributed by atoms with Gasteiger partial charge in [-0.15, -0.1) is 0 Å². The number of fused-ring (bicyclic) bond motifs is 2. The Kier molecular flexibility index (Phi) is 2.58. The van der Waals surface area contributed by atoms with Crippen molar-refractivity contribution in [2.45, 2.75) is 34.0 Å². The fourth-order valence-electron chi connectivity index (χ4n) is 3.50. The summed E-state index contributed by atoms with van der Waals surface area (Å²) in [5.74, 6) is 0. The van der Waals surface area contributed by atoms with Gasteiger partial charge in [0.25, 0.3) is 0 Å². The van der Waals surface area contributed by atoms with E-state index in [9.17, 15) is 0 Å². The molecule has 0 unspecified atom stereocenters. The molecule has 1 aliphatic heterocycles. The van der Waals surface area contributed by atoms with E-state index < -0.39 is 0 Å². The Morgan fingerprint density at radius 3 is 2.39 bits per heavy atom. The van der Waals surface area contributed by atoms with Gasteiger partial charge in [-0.05, 0) is 38.3 Å². The van der Waals surface area contributed by atoms with Gasteiger partial charge in [-0.3, -0.25) is 0 Å². The number of benzene rings is 2. The molecule has 0 aromatic heterocycles. The monoisotopic (exact) mass is 234 g/mol. The highest BCUT2D eigenvalue weighted by atomic mass is 14.2. The normalized spacial score (nSPS) is 13.2. The van der Waals surface area contributed by atoms with E-state index in [1.54, 1.807) is 5.46 Å². The van der Waals surface area contributed by atoms with Crippen molar-refractivity contribution in [3.8, 4) is 0 Å². The Hall–Kier alpha value is -1.50. The summed E-state index contributed by atoms with van der Waals surface area (Å²) in [6, 6.07) is 11.6. The largest absolute Gasteiger partial charge is 0.207 e. The van der Waals surface area contributed by atoms with Crippen LogP contribution in [0, 0.1) is 20.8 Å². The Morgan fingerprint density at radius 2 is 1.61 bits per heavy atom. The summed E-state index contributed by atoms with van der Waals surface area (Å²) in [5, 5.41) is 0. The molecule has 90 valence electrons. The minimum Gasteiger partial charge on any atom is -0.0774 e. The van der Waals surface area contributed by atoms with E-state index in [1.807, 2.05) is 0 Å². The highest BCUT2D eigenvalue weighted by molar-refractivity contribution is 6.85. The lowest BCUT2D eigenvalue weighted by Crippen LogP contribution is -2.48. The van der Waals surface area contributed by atoms with Crippen molar-refractivity contribution in [2.75, 3.05) is 0 Å². The molecule has 3 rings (SSSR count). The van der Waals surface area contributed by atoms with Gasteiger partial charge in [0.2, 0.25) is 6.71 Å². The molecule has 0 amide bonds. The van der Waals surface area contributed by atoms with E-state index >= 15 is 0 Å². The van der Waals surface area contributed by atoms with Crippen molar-refractivity contribution in [3.63, 3.8) is 0 Å². The molecule has 1 heterocycles. The van der Waals surface area contributed by atoms with Gasteiger partial charge >= 0.3 is 0 Å². The topological polar surface area (TPSA) is 0 Å². The average molecular weight is 234 g/mol. The maximum Gasteiger partial charge on any atom is 0.207 e. The van der Waals surface area contributed by atoms with Crippen molar-refractivity contribution in [1.29, 1.82) is 0 Å². The molecule has 0 N–H and O–H groups in total. The average Bonchev–Trinajstić information content (AvgIpc) is 2.27. The van der Waals surface area contributed by atoms with E-state index in [-0.39, 0.29) is 0 Å². The molecule has 2 aromatic rings. The molecule has 18 heavy (non-hydrogen) atoms. The van der Waals surface area contributed by atoms with Gasteiger partial charge in [0.15, 0.2) is 0 Å². The summed E-state index contributed by atoms with van der Waals surface area (Å²) in [6.07, 6.45) is 1.10. The molecule has 1 aliphatic rings. The second-order valence-corrected chi connectivity index (χ2v) is 5.76. The first-order valence-corrected chi connectivity index (χ1v) is 6.75. The predicted molar refractivity (Wildman–Crippen MR) is 80.8 cm³/mol. The van der Waals surface area contributed by atoms with Crippen molar-refractivity contribution < 1.29 is 0 Å². The molecule has 2 aromatic carbocycles. The van der Waals surface area contributed by atoms with Crippen molar-refractivity contribution in [2.24, 2.45) is 0 Å². The van der Waals surface area contributed by atoms with Gasteiger partial charge in [-0.1, -0.05) is 64.8 Å². The van der Waals surface area contributed by atoms with Crippen LogP contribution in [0.5, 0.6) is 0 Å². The van der Waals surface area contributed by atoms with Crippen LogP contribution in [0.25, 0.3) is 0 Å². The molecule has 0 spiro atoms. The van der Waals surface area contributed by atoms with Crippen LogP contribution in [-0.4, -0.2) is 6.71 Å². The lowest BCUT2D eigenvalue weighted by molar-refractivity contribution is 1.17. The Morgan fingerprint density at radius 1 is 0.889 bits per heavy atom. The Balaban J connectivity index is 2.21. The summed E-state index contributed by atoms with van der Waals surface area (Å²) in [4.78, 5) is 0. The zero-order valence-electron chi connectivity index (χ0n) is 11.7. The zero-order valence-corrected chi connectivity index (χ0v) is 11.7. The SMILES string of the molecule is CB1c2ccc(C)cc2Cc2cc(C)cc(C)c21. The highest BCUT2D eigenvalue weighted by Gasteiger charge is 2.26. The summed E-state index contributed by atoms with van der Waals surface area (Å²) in [5.41, 5.74) is 10.3. The highest BCUT2D eigenvalue weighted by Crippen LogP contribution is 2.18. The first kappa shape index (κ1) is 11.6. The summed E-state index contributed by atoms with van der Waals surface area (Å²) in [7, 11) is 0. The maximum atomic E-state index is 2.37. The first-order valence-electron chi connectivity index (χ1n) is 6.75. The lowest BCUT2D eigenvalue weighted by Gasteiger charge is -2.26. The van der Waals surface area contributed by atoms with Crippen LogP contribution < -0.4 is 10.9 Å². The second-order valence-electron chi connectivity index (χ2n) is 5.76. The first-order chi connectivity index (χ1) is 8.56. The zero-order chi connectivity index (χ0) is 12.9. The van der Waals surface area contributed by atoms with Crippen LogP contribution in [0.4, 0.5) is 0 Å². The summed E-state index contributed by atoms with van der Waals surface area (Å²) < 4.78 is 0. The van der Waals surface area contributed by atoms with Crippen LogP contribution in [0.1, 0.15) is 27.8 Å². The molecule has 1 heteroatoms. The molecular weight excluding hydrogens is 215 g/mol. The minimum absolute atomic E-state index is 0.532.